The van der Waals surface area contributed by atoms with Crippen molar-refractivity contribution in [2.75, 3.05) is 32.1 Å². The number of rotatable bonds is 4. The second-order valence-electron chi connectivity index (χ2n) is 6.63. The van der Waals surface area contributed by atoms with Crippen LogP contribution >= 0.6 is 11.8 Å². The van der Waals surface area contributed by atoms with E-state index in [4.69, 9.17) is 19.8 Å². The van der Waals surface area contributed by atoms with E-state index in [1.165, 1.54) is 21.2 Å². The summed E-state index contributed by atoms with van der Waals surface area (Å²) in [5.74, 6) is -3.03. The van der Waals surface area contributed by atoms with Crippen LogP contribution in [0.3, 0.4) is 0 Å². The van der Waals surface area contributed by atoms with Crippen LogP contribution in [0.2, 0.25) is 0 Å². The van der Waals surface area contributed by atoms with Crippen molar-refractivity contribution in [3.05, 3.63) is 48.5 Å². The van der Waals surface area contributed by atoms with Crippen molar-refractivity contribution in [1.82, 2.24) is 4.90 Å². The zero-order valence-electron chi connectivity index (χ0n) is 15.6. The molecule has 1 unspecified atom stereocenters. The molecular weight excluding hydrogens is 364 g/mol. The van der Waals surface area contributed by atoms with Gasteiger partial charge in [-0.2, -0.15) is 0 Å². The van der Waals surface area contributed by atoms with Gasteiger partial charge in [-0.15, -0.1) is 0 Å². The standard InChI is InChI=1S/C18H22N2S.C2H2O4/c1-14(12-19(2)3)13-20-15-8-4-6-10-17(15)21-18-11-7-5-9-16(18)20;3-1(4)2(5)6/h4-11,14H,12-13H2,1-3H3;(H,3,4)(H,5,6). The van der Waals surface area contributed by atoms with Crippen molar-refractivity contribution >= 4 is 35.1 Å². The van der Waals surface area contributed by atoms with Gasteiger partial charge in [0.1, 0.15) is 0 Å². The number of benzene rings is 2. The molecule has 0 amide bonds. The summed E-state index contributed by atoms with van der Waals surface area (Å²) in [6.45, 7) is 4.48. The van der Waals surface area contributed by atoms with Crippen molar-refractivity contribution in [1.29, 1.82) is 0 Å². The Morgan fingerprint density at radius 1 is 0.963 bits per heavy atom. The summed E-state index contributed by atoms with van der Waals surface area (Å²) in [6.07, 6.45) is 0. The minimum Gasteiger partial charge on any atom is -0.473 e. The number of aliphatic carboxylic acids is 2. The number of hydrogen-bond acceptors (Lipinski definition) is 5. The molecule has 144 valence electrons. The van der Waals surface area contributed by atoms with Crippen molar-refractivity contribution in [2.24, 2.45) is 5.92 Å². The number of nitrogens with zero attached hydrogens (tertiary/aromatic N) is 2. The smallest absolute Gasteiger partial charge is 0.414 e. The van der Waals surface area contributed by atoms with E-state index in [0.717, 1.165) is 13.1 Å². The number of para-hydroxylation sites is 2. The Balaban J connectivity index is 0.000000380. The van der Waals surface area contributed by atoms with Gasteiger partial charge in [-0.3, -0.25) is 0 Å². The molecule has 2 N–H and O–H groups in total. The maximum Gasteiger partial charge on any atom is 0.414 e. The van der Waals surface area contributed by atoms with Crippen LogP contribution in [0.25, 0.3) is 0 Å². The van der Waals surface area contributed by atoms with E-state index in [-0.39, 0.29) is 0 Å². The summed E-state index contributed by atoms with van der Waals surface area (Å²) < 4.78 is 0. The molecule has 2 aromatic rings. The maximum atomic E-state index is 9.10. The minimum atomic E-state index is -1.82. The van der Waals surface area contributed by atoms with Gasteiger partial charge >= 0.3 is 11.9 Å². The number of carbonyl (C=O) groups is 2. The zero-order valence-corrected chi connectivity index (χ0v) is 16.4. The van der Waals surface area contributed by atoms with E-state index < -0.39 is 11.9 Å². The lowest BCUT2D eigenvalue weighted by Gasteiger charge is -2.35. The van der Waals surface area contributed by atoms with Gasteiger partial charge in [-0.25, -0.2) is 9.59 Å². The molecule has 0 radical (unpaired) electrons. The highest BCUT2D eigenvalue weighted by atomic mass is 32.2. The van der Waals surface area contributed by atoms with Gasteiger partial charge < -0.3 is 20.0 Å². The molecule has 0 aliphatic carbocycles. The van der Waals surface area contributed by atoms with Crippen LogP contribution in [0.15, 0.2) is 58.3 Å². The Morgan fingerprint density at radius 2 is 1.41 bits per heavy atom. The Morgan fingerprint density at radius 3 is 1.81 bits per heavy atom. The second-order valence-corrected chi connectivity index (χ2v) is 7.71. The fraction of sp³-hybridized carbons (Fsp3) is 0.300. The molecule has 7 heteroatoms. The molecule has 1 aliphatic heterocycles. The Bertz CT molecular complexity index is 753. The molecule has 6 nitrogen and oxygen atoms in total. The van der Waals surface area contributed by atoms with Crippen LogP contribution < -0.4 is 4.90 Å². The second kappa shape index (κ2) is 9.43. The number of fused-ring (bicyclic) bond motifs is 2. The van der Waals surface area contributed by atoms with Crippen LogP contribution in [0.4, 0.5) is 11.4 Å². The largest absolute Gasteiger partial charge is 0.473 e. The van der Waals surface area contributed by atoms with Crippen LogP contribution in [0, 0.1) is 5.92 Å². The maximum absolute atomic E-state index is 9.10. The van der Waals surface area contributed by atoms with Gasteiger partial charge in [0.2, 0.25) is 0 Å². The van der Waals surface area contributed by atoms with Crippen molar-refractivity contribution < 1.29 is 19.8 Å². The predicted molar refractivity (Wildman–Crippen MR) is 107 cm³/mol. The number of anilines is 2. The van der Waals surface area contributed by atoms with E-state index in [0.29, 0.717) is 5.92 Å². The number of carboxylic acids is 2. The van der Waals surface area contributed by atoms with E-state index in [1.807, 2.05) is 11.8 Å². The Kier molecular flexibility index (Phi) is 7.27. The minimum absolute atomic E-state index is 0.615. The first kappa shape index (κ1) is 20.8. The highest BCUT2D eigenvalue weighted by Gasteiger charge is 2.24. The third kappa shape index (κ3) is 5.74. The fourth-order valence-corrected chi connectivity index (χ4v) is 4.07. The summed E-state index contributed by atoms with van der Waals surface area (Å²) in [7, 11) is 4.29. The average Bonchev–Trinajstić information content (AvgIpc) is 2.61. The van der Waals surface area contributed by atoms with Crippen LogP contribution in [0.5, 0.6) is 0 Å². The van der Waals surface area contributed by atoms with Gasteiger partial charge in [0.15, 0.2) is 0 Å². The molecule has 0 saturated heterocycles. The first-order chi connectivity index (χ1) is 12.8. The molecule has 3 rings (SSSR count). The third-order valence-electron chi connectivity index (χ3n) is 3.89. The fourth-order valence-electron chi connectivity index (χ4n) is 2.97. The molecular formula is C20H24N2O4S. The molecule has 0 saturated carbocycles. The first-order valence-corrected chi connectivity index (χ1v) is 9.35. The third-order valence-corrected chi connectivity index (χ3v) is 5.02. The topological polar surface area (TPSA) is 81.1 Å². The van der Waals surface area contributed by atoms with Gasteiger partial charge in [-0.1, -0.05) is 43.0 Å². The molecule has 0 aromatic heterocycles. The Labute approximate surface area is 163 Å². The van der Waals surface area contributed by atoms with Gasteiger partial charge in [0, 0.05) is 22.9 Å². The Hall–Kier alpha value is -2.51. The first-order valence-electron chi connectivity index (χ1n) is 8.54. The molecule has 2 aromatic carbocycles. The monoisotopic (exact) mass is 388 g/mol. The molecule has 0 fully saturated rings. The highest BCUT2D eigenvalue weighted by Crippen LogP contribution is 2.47. The lowest BCUT2D eigenvalue weighted by atomic mass is 10.1. The number of carboxylic acid groups (broad SMARTS) is 2. The lowest BCUT2D eigenvalue weighted by molar-refractivity contribution is -0.159. The van der Waals surface area contributed by atoms with E-state index in [2.05, 4.69) is 79.3 Å². The van der Waals surface area contributed by atoms with E-state index >= 15 is 0 Å². The average molecular weight is 388 g/mol. The summed E-state index contributed by atoms with van der Waals surface area (Å²) in [6, 6.07) is 17.4. The van der Waals surface area contributed by atoms with Crippen molar-refractivity contribution in [2.45, 2.75) is 16.7 Å². The number of hydrogen-bond donors (Lipinski definition) is 2. The summed E-state index contributed by atoms with van der Waals surface area (Å²) in [5.41, 5.74) is 2.68. The zero-order chi connectivity index (χ0) is 20.0. The van der Waals surface area contributed by atoms with Crippen molar-refractivity contribution in [3.63, 3.8) is 0 Å². The molecule has 1 atom stereocenters. The highest BCUT2D eigenvalue weighted by molar-refractivity contribution is 7.99. The van der Waals surface area contributed by atoms with E-state index in [1.54, 1.807) is 0 Å². The van der Waals surface area contributed by atoms with Gasteiger partial charge in [0.05, 0.1) is 11.4 Å². The summed E-state index contributed by atoms with van der Waals surface area (Å²) in [5, 5.41) is 14.8. The molecule has 27 heavy (non-hydrogen) atoms. The lowest BCUT2D eigenvalue weighted by Crippen LogP contribution is -2.31. The van der Waals surface area contributed by atoms with Crippen LogP contribution in [0.1, 0.15) is 6.92 Å². The predicted octanol–water partition coefficient (Wildman–Crippen LogP) is 3.64. The van der Waals surface area contributed by atoms with Crippen LogP contribution in [-0.2, 0) is 9.59 Å². The van der Waals surface area contributed by atoms with E-state index in [9.17, 15) is 0 Å². The summed E-state index contributed by atoms with van der Waals surface area (Å²) in [4.78, 5) is 25.7. The van der Waals surface area contributed by atoms with Gasteiger partial charge in [0.25, 0.3) is 0 Å². The quantitative estimate of drug-likeness (QED) is 0.774. The van der Waals surface area contributed by atoms with Gasteiger partial charge in [-0.05, 0) is 44.3 Å². The SMILES string of the molecule is CC(CN(C)C)CN1c2ccccc2Sc2ccccc21.O=C(O)C(=O)O. The molecule has 0 spiro atoms. The molecule has 0 bridgehead atoms. The van der Waals surface area contributed by atoms with Crippen LogP contribution in [-0.4, -0.2) is 54.2 Å². The van der Waals surface area contributed by atoms with Crippen molar-refractivity contribution in [3.8, 4) is 0 Å². The molecule has 1 aliphatic rings. The summed E-state index contributed by atoms with van der Waals surface area (Å²) >= 11 is 1.88. The normalized spacial score (nSPS) is 13.1. The molecule has 1 heterocycles.